The Morgan fingerprint density at radius 2 is 1.69 bits per heavy atom. The number of ether oxygens (including phenoxy) is 2. The minimum Gasteiger partial charge on any atom is -0.491 e. The molecule has 0 radical (unpaired) electrons. The lowest BCUT2D eigenvalue weighted by molar-refractivity contribution is 0.0525. The Labute approximate surface area is 173 Å². The largest absolute Gasteiger partial charge is 0.491 e. The van der Waals surface area contributed by atoms with Gasteiger partial charge in [0.1, 0.15) is 18.5 Å². The smallest absolute Gasteiger partial charge is 0.282 e. The van der Waals surface area contributed by atoms with Crippen LogP contribution >= 0.6 is 0 Å². The average molecular weight is 426 g/mol. The highest BCUT2D eigenvalue weighted by atomic mass is 32.2. The fourth-order valence-corrected chi connectivity index (χ4v) is 5.83. The van der Waals surface area contributed by atoms with Gasteiger partial charge in [-0.15, -0.1) is 0 Å². The van der Waals surface area contributed by atoms with Crippen molar-refractivity contribution < 1.29 is 23.0 Å². The number of hydrogen-bond acceptors (Lipinski definition) is 6. The fraction of sp³-hybridized carbons (Fsp3) is 0.700. The van der Waals surface area contributed by atoms with E-state index in [1.807, 2.05) is 6.07 Å². The Hall–Kier alpha value is -1.23. The van der Waals surface area contributed by atoms with Crippen molar-refractivity contribution in [3.05, 3.63) is 29.3 Å². The number of rotatable bonds is 7. The van der Waals surface area contributed by atoms with Gasteiger partial charge in [-0.25, -0.2) is 0 Å². The first-order valence-corrected chi connectivity index (χ1v) is 11.9. The number of morpholine rings is 1. The Morgan fingerprint density at radius 1 is 1.00 bits per heavy atom. The summed E-state index contributed by atoms with van der Waals surface area (Å²) in [5, 5.41) is 10.4. The van der Waals surface area contributed by atoms with Gasteiger partial charge in [-0.05, 0) is 42.5 Å². The highest BCUT2D eigenvalue weighted by Crippen LogP contribution is 2.26. The molecule has 1 aromatic rings. The quantitative estimate of drug-likeness (QED) is 0.668. The van der Waals surface area contributed by atoms with Crippen LogP contribution in [-0.2, 0) is 27.8 Å². The summed E-state index contributed by atoms with van der Waals surface area (Å²) < 4.78 is 39.5. The number of aryl methyl sites for hydroxylation is 2. The van der Waals surface area contributed by atoms with Gasteiger partial charge in [-0.3, -0.25) is 4.90 Å². The third kappa shape index (κ3) is 5.10. The fourth-order valence-electron chi connectivity index (χ4n) is 4.26. The second-order valence-corrected chi connectivity index (χ2v) is 9.90. The Kier molecular flexibility index (Phi) is 6.73. The van der Waals surface area contributed by atoms with Gasteiger partial charge in [0.05, 0.1) is 13.2 Å². The summed E-state index contributed by atoms with van der Waals surface area (Å²) in [5.74, 6) is 0.811. The summed E-state index contributed by atoms with van der Waals surface area (Å²) in [4.78, 5) is 2.10. The van der Waals surface area contributed by atoms with E-state index in [0.717, 1.165) is 18.6 Å². The second kappa shape index (κ2) is 9.28. The first kappa shape index (κ1) is 21.0. The van der Waals surface area contributed by atoms with Crippen molar-refractivity contribution in [3.63, 3.8) is 0 Å². The number of aliphatic hydroxyl groups excluding tert-OH is 1. The standard InChI is InChI=1S/C20H31N3O5S/c24-19(16-28-20-5-4-17-2-1-3-18(17)14-20)15-21-6-8-22(9-7-21)29(25,26)23-10-12-27-13-11-23/h4-5,14,19,24H,1-3,6-13,15-16H2. The molecule has 0 amide bonds. The summed E-state index contributed by atoms with van der Waals surface area (Å²) in [6.07, 6.45) is 2.85. The van der Waals surface area contributed by atoms with Crippen LogP contribution < -0.4 is 4.74 Å². The zero-order valence-electron chi connectivity index (χ0n) is 16.8. The molecule has 1 aliphatic carbocycles. The maximum atomic E-state index is 12.7. The number of benzene rings is 1. The van der Waals surface area contributed by atoms with Crippen LogP contribution in [0.15, 0.2) is 18.2 Å². The highest BCUT2D eigenvalue weighted by molar-refractivity contribution is 7.86. The maximum Gasteiger partial charge on any atom is 0.282 e. The summed E-state index contributed by atoms with van der Waals surface area (Å²) in [6, 6.07) is 6.19. The molecule has 29 heavy (non-hydrogen) atoms. The van der Waals surface area contributed by atoms with Crippen LogP contribution in [0.3, 0.4) is 0 Å². The molecular formula is C20H31N3O5S. The molecule has 2 saturated heterocycles. The van der Waals surface area contributed by atoms with Gasteiger partial charge in [0.15, 0.2) is 0 Å². The van der Waals surface area contributed by atoms with Crippen LogP contribution in [0.2, 0.25) is 0 Å². The normalized spacial score (nSPS) is 23.1. The number of piperazine rings is 1. The molecular weight excluding hydrogens is 394 g/mol. The van der Waals surface area contributed by atoms with Gasteiger partial charge in [0, 0.05) is 45.8 Å². The molecule has 0 saturated carbocycles. The van der Waals surface area contributed by atoms with Crippen LogP contribution in [0.25, 0.3) is 0 Å². The van der Waals surface area contributed by atoms with Crippen molar-refractivity contribution in [3.8, 4) is 5.75 Å². The SMILES string of the molecule is O=S(=O)(N1CCOCC1)N1CCN(CC(O)COc2ccc3c(c2)CCC3)CC1. The number of β-amino-alcohol motifs (C(OH)–C–C–N with tert-alkyl or cyclic N) is 1. The third-order valence-corrected chi connectivity index (χ3v) is 7.97. The van der Waals surface area contributed by atoms with Crippen molar-refractivity contribution in [1.82, 2.24) is 13.5 Å². The molecule has 0 spiro atoms. The summed E-state index contributed by atoms with van der Waals surface area (Å²) in [5.41, 5.74) is 2.76. The van der Waals surface area contributed by atoms with E-state index in [-0.39, 0.29) is 6.61 Å². The zero-order chi connectivity index (χ0) is 20.3. The van der Waals surface area contributed by atoms with E-state index in [4.69, 9.17) is 9.47 Å². The Balaban J connectivity index is 1.21. The van der Waals surface area contributed by atoms with E-state index in [9.17, 15) is 13.5 Å². The van der Waals surface area contributed by atoms with Crippen LogP contribution in [0.5, 0.6) is 5.75 Å². The minimum absolute atomic E-state index is 0.241. The molecule has 1 aromatic carbocycles. The van der Waals surface area contributed by atoms with E-state index in [2.05, 4.69) is 17.0 Å². The molecule has 0 aromatic heterocycles. The van der Waals surface area contributed by atoms with Gasteiger partial charge < -0.3 is 14.6 Å². The molecule has 8 nitrogen and oxygen atoms in total. The minimum atomic E-state index is -3.42. The molecule has 1 N–H and O–H groups in total. The van der Waals surface area contributed by atoms with E-state index < -0.39 is 16.3 Å². The predicted molar refractivity (Wildman–Crippen MR) is 109 cm³/mol. The molecule has 2 fully saturated rings. The molecule has 3 aliphatic rings. The topological polar surface area (TPSA) is 82.6 Å². The molecule has 162 valence electrons. The lowest BCUT2D eigenvalue weighted by atomic mass is 10.1. The predicted octanol–water partition coefficient (Wildman–Crippen LogP) is 0.110. The monoisotopic (exact) mass is 425 g/mol. The van der Waals surface area contributed by atoms with Gasteiger partial charge in [-0.1, -0.05) is 6.07 Å². The van der Waals surface area contributed by atoms with Gasteiger partial charge in [-0.2, -0.15) is 17.0 Å². The number of fused-ring (bicyclic) bond motifs is 1. The summed E-state index contributed by atoms with van der Waals surface area (Å²) in [6.45, 7) is 4.57. The van der Waals surface area contributed by atoms with Crippen molar-refractivity contribution in [2.75, 3.05) is 65.6 Å². The lowest BCUT2D eigenvalue weighted by Gasteiger charge is -2.38. The number of hydrogen-bond donors (Lipinski definition) is 1. The number of aliphatic hydroxyl groups is 1. The van der Waals surface area contributed by atoms with Gasteiger partial charge in [0.2, 0.25) is 0 Å². The van der Waals surface area contributed by atoms with Crippen molar-refractivity contribution in [2.45, 2.75) is 25.4 Å². The van der Waals surface area contributed by atoms with Crippen LogP contribution in [0.4, 0.5) is 0 Å². The van der Waals surface area contributed by atoms with Crippen molar-refractivity contribution >= 4 is 10.2 Å². The Bertz CT molecular complexity index is 789. The van der Waals surface area contributed by atoms with Gasteiger partial charge in [0.25, 0.3) is 10.2 Å². The number of nitrogens with zero attached hydrogens (tertiary/aromatic N) is 3. The molecule has 1 atom stereocenters. The first-order chi connectivity index (χ1) is 14.0. The van der Waals surface area contributed by atoms with Crippen LogP contribution in [0, 0.1) is 0 Å². The average Bonchev–Trinajstić information content (AvgIpc) is 3.21. The summed E-state index contributed by atoms with van der Waals surface area (Å²) in [7, 11) is -3.42. The lowest BCUT2D eigenvalue weighted by Crippen LogP contribution is -2.55. The molecule has 1 unspecified atom stereocenters. The maximum absolute atomic E-state index is 12.7. The Morgan fingerprint density at radius 3 is 2.45 bits per heavy atom. The highest BCUT2D eigenvalue weighted by Gasteiger charge is 2.33. The third-order valence-electron chi connectivity index (χ3n) is 5.94. The first-order valence-electron chi connectivity index (χ1n) is 10.5. The van der Waals surface area contributed by atoms with Crippen molar-refractivity contribution in [2.24, 2.45) is 0 Å². The van der Waals surface area contributed by atoms with Crippen LogP contribution in [-0.4, -0.2) is 98.8 Å². The van der Waals surface area contributed by atoms with E-state index in [1.54, 1.807) is 4.31 Å². The zero-order valence-corrected chi connectivity index (χ0v) is 17.6. The van der Waals surface area contributed by atoms with E-state index in [0.29, 0.717) is 59.0 Å². The van der Waals surface area contributed by atoms with Crippen LogP contribution in [0.1, 0.15) is 17.5 Å². The molecule has 2 aliphatic heterocycles. The second-order valence-electron chi connectivity index (χ2n) is 7.97. The van der Waals surface area contributed by atoms with Gasteiger partial charge >= 0.3 is 0 Å². The van der Waals surface area contributed by atoms with E-state index in [1.165, 1.54) is 21.9 Å². The molecule has 2 heterocycles. The molecule has 9 heteroatoms. The molecule has 0 bridgehead atoms. The summed E-state index contributed by atoms with van der Waals surface area (Å²) >= 11 is 0. The van der Waals surface area contributed by atoms with Crippen molar-refractivity contribution in [1.29, 1.82) is 0 Å². The van der Waals surface area contributed by atoms with E-state index >= 15 is 0 Å². The molecule has 4 rings (SSSR count).